The summed E-state index contributed by atoms with van der Waals surface area (Å²) in [5.41, 5.74) is 2.51. The summed E-state index contributed by atoms with van der Waals surface area (Å²) in [4.78, 5) is 4.16. The molecule has 0 saturated carbocycles. The second-order valence-corrected chi connectivity index (χ2v) is 4.85. The van der Waals surface area contributed by atoms with E-state index in [9.17, 15) is 0 Å². The summed E-state index contributed by atoms with van der Waals surface area (Å²) in [6.45, 7) is 3.62. The fourth-order valence-corrected chi connectivity index (χ4v) is 2.22. The Morgan fingerprint density at radius 3 is 2.82 bits per heavy atom. The molecule has 0 fully saturated rings. The number of rotatable bonds is 4. The Morgan fingerprint density at radius 2 is 2.18 bits per heavy atom. The van der Waals surface area contributed by atoms with Gasteiger partial charge in [0, 0.05) is 18.1 Å². The van der Waals surface area contributed by atoms with Gasteiger partial charge < -0.3 is 5.32 Å². The molecule has 0 radical (unpaired) electrons. The molecule has 1 aromatic carbocycles. The van der Waals surface area contributed by atoms with E-state index in [2.05, 4.69) is 56.5 Å². The maximum Gasteiger partial charge on any atom is 0.140 e. The van der Waals surface area contributed by atoms with Crippen LogP contribution in [0.15, 0.2) is 29.0 Å². The van der Waals surface area contributed by atoms with E-state index in [4.69, 9.17) is 0 Å². The van der Waals surface area contributed by atoms with Gasteiger partial charge in [-0.2, -0.15) is 5.10 Å². The largest absolute Gasteiger partial charge is 0.306 e. The van der Waals surface area contributed by atoms with Crippen LogP contribution in [-0.2, 0) is 20.1 Å². The average molecular weight is 295 g/mol. The Balaban J connectivity index is 1.92. The molecule has 0 amide bonds. The molecular weight excluding hydrogens is 280 g/mol. The van der Waals surface area contributed by atoms with Crippen molar-refractivity contribution in [2.45, 2.75) is 20.0 Å². The SMILES string of the molecule is Cc1ccc(CNCc2ncnn2C)c(Br)c1. The van der Waals surface area contributed by atoms with E-state index in [1.807, 2.05) is 7.05 Å². The van der Waals surface area contributed by atoms with Gasteiger partial charge >= 0.3 is 0 Å². The third-order valence-electron chi connectivity index (χ3n) is 2.61. The first-order chi connectivity index (χ1) is 8.16. The van der Waals surface area contributed by atoms with Crippen LogP contribution in [-0.4, -0.2) is 14.8 Å². The molecule has 0 aliphatic rings. The van der Waals surface area contributed by atoms with Gasteiger partial charge in [-0.15, -0.1) is 0 Å². The Kier molecular flexibility index (Phi) is 3.91. The van der Waals surface area contributed by atoms with Crippen LogP contribution in [0.2, 0.25) is 0 Å². The zero-order chi connectivity index (χ0) is 12.3. The smallest absolute Gasteiger partial charge is 0.140 e. The van der Waals surface area contributed by atoms with E-state index in [1.165, 1.54) is 11.1 Å². The minimum absolute atomic E-state index is 0.719. The summed E-state index contributed by atoms with van der Waals surface area (Å²) >= 11 is 3.57. The van der Waals surface area contributed by atoms with Crippen molar-refractivity contribution in [1.82, 2.24) is 20.1 Å². The van der Waals surface area contributed by atoms with E-state index < -0.39 is 0 Å². The first-order valence-corrected chi connectivity index (χ1v) is 6.25. The number of benzene rings is 1. The van der Waals surface area contributed by atoms with Crippen LogP contribution in [0.5, 0.6) is 0 Å². The van der Waals surface area contributed by atoms with Gasteiger partial charge in [0.25, 0.3) is 0 Å². The van der Waals surface area contributed by atoms with Crippen molar-refractivity contribution < 1.29 is 0 Å². The van der Waals surface area contributed by atoms with Crippen LogP contribution in [0.1, 0.15) is 17.0 Å². The molecule has 4 nitrogen and oxygen atoms in total. The molecule has 2 rings (SSSR count). The van der Waals surface area contributed by atoms with Crippen LogP contribution >= 0.6 is 15.9 Å². The van der Waals surface area contributed by atoms with Crippen molar-refractivity contribution in [3.05, 3.63) is 46.0 Å². The Bertz CT molecular complexity index is 507. The molecule has 0 bridgehead atoms. The van der Waals surface area contributed by atoms with Crippen LogP contribution in [0.4, 0.5) is 0 Å². The van der Waals surface area contributed by atoms with Gasteiger partial charge in [0.15, 0.2) is 0 Å². The summed E-state index contributed by atoms with van der Waals surface area (Å²) in [6, 6.07) is 6.37. The molecule has 1 aromatic heterocycles. The minimum atomic E-state index is 0.719. The van der Waals surface area contributed by atoms with Crippen LogP contribution in [0.3, 0.4) is 0 Å². The second kappa shape index (κ2) is 5.42. The standard InChI is InChI=1S/C12H15BrN4/c1-9-3-4-10(11(13)5-9)6-14-7-12-15-8-16-17(12)2/h3-5,8,14H,6-7H2,1-2H3. The van der Waals surface area contributed by atoms with Gasteiger partial charge in [0.1, 0.15) is 12.2 Å². The number of nitrogens with zero attached hydrogens (tertiary/aromatic N) is 3. The van der Waals surface area contributed by atoms with Gasteiger partial charge in [-0.05, 0) is 24.1 Å². The molecule has 1 heterocycles. The van der Waals surface area contributed by atoms with Gasteiger partial charge in [-0.1, -0.05) is 28.1 Å². The number of hydrogen-bond acceptors (Lipinski definition) is 3. The minimum Gasteiger partial charge on any atom is -0.306 e. The van der Waals surface area contributed by atoms with Crippen molar-refractivity contribution in [3.63, 3.8) is 0 Å². The fourth-order valence-electron chi connectivity index (χ4n) is 1.58. The molecule has 5 heteroatoms. The van der Waals surface area contributed by atoms with E-state index in [1.54, 1.807) is 11.0 Å². The molecule has 0 aliphatic carbocycles. The molecule has 0 unspecified atom stereocenters. The predicted molar refractivity (Wildman–Crippen MR) is 70.4 cm³/mol. The number of aryl methyl sites for hydroxylation is 2. The first-order valence-electron chi connectivity index (χ1n) is 5.45. The van der Waals surface area contributed by atoms with Crippen LogP contribution in [0, 0.1) is 6.92 Å². The highest BCUT2D eigenvalue weighted by atomic mass is 79.9. The third kappa shape index (κ3) is 3.14. The zero-order valence-corrected chi connectivity index (χ0v) is 11.5. The number of aromatic nitrogens is 3. The monoisotopic (exact) mass is 294 g/mol. The lowest BCUT2D eigenvalue weighted by molar-refractivity contribution is 0.613. The maximum atomic E-state index is 4.16. The second-order valence-electron chi connectivity index (χ2n) is 4.00. The third-order valence-corrected chi connectivity index (χ3v) is 3.35. The van der Waals surface area contributed by atoms with Crippen LogP contribution < -0.4 is 5.32 Å². The summed E-state index contributed by atoms with van der Waals surface area (Å²) in [6.07, 6.45) is 1.57. The fraction of sp³-hybridized carbons (Fsp3) is 0.333. The van der Waals surface area contributed by atoms with Crippen molar-refractivity contribution in [1.29, 1.82) is 0 Å². The highest BCUT2D eigenvalue weighted by Crippen LogP contribution is 2.18. The van der Waals surface area contributed by atoms with Crippen molar-refractivity contribution >= 4 is 15.9 Å². The topological polar surface area (TPSA) is 42.7 Å². The maximum absolute atomic E-state index is 4.16. The molecule has 0 atom stereocenters. The molecular formula is C12H15BrN4. The van der Waals surface area contributed by atoms with Gasteiger partial charge in [0.05, 0.1) is 6.54 Å². The highest BCUT2D eigenvalue weighted by molar-refractivity contribution is 9.10. The lowest BCUT2D eigenvalue weighted by Gasteiger charge is -2.07. The van der Waals surface area contributed by atoms with E-state index >= 15 is 0 Å². The normalized spacial score (nSPS) is 10.8. The zero-order valence-electron chi connectivity index (χ0n) is 9.94. The van der Waals surface area contributed by atoms with Crippen molar-refractivity contribution in [3.8, 4) is 0 Å². The quantitative estimate of drug-likeness (QED) is 0.940. The molecule has 0 spiro atoms. The van der Waals surface area contributed by atoms with Gasteiger partial charge in [-0.25, -0.2) is 4.98 Å². The molecule has 90 valence electrons. The summed E-state index contributed by atoms with van der Waals surface area (Å²) in [7, 11) is 1.89. The van der Waals surface area contributed by atoms with E-state index in [0.29, 0.717) is 0 Å². The number of hydrogen-bond donors (Lipinski definition) is 1. The number of nitrogens with one attached hydrogen (secondary N) is 1. The van der Waals surface area contributed by atoms with Crippen LogP contribution in [0.25, 0.3) is 0 Å². The number of halogens is 1. The predicted octanol–water partition coefficient (Wildman–Crippen LogP) is 2.18. The molecule has 17 heavy (non-hydrogen) atoms. The van der Waals surface area contributed by atoms with E-state index in [-0.39, 0.29) is 0 Å². The van der Waals surface area contributed by atoms with E-state index in [0.717, 1.165) is 23.4 Å². The Labute approximate surface area is 109 Å². The van der Waals surface area contributed by atoms with Gasteiger partial charge in [0.2, 0.25) is 0 Å². The Hall–Kier alpha value is -1.20. The summed E-state index contributed by atoms with van der Waals surface area (Å²) in [5, 5.41) is 7.38. The molecule has 0 saturated heterocycles. The van der Waals surface area contributed by atoms with Gasteiger partial charge in [-0.3, -0.25) is 4.68 Å². The summed E-state index contributed by atoms with van der Waals surface area (Å²) < 4.78 is 2.92. The lowest BCUT2D eigenvalue weighted by Crippen LogP contribution is -2.16. The highest BCUT2D eigenvalue weighted by Gasteiger charge is 2.02. The summed E-state index contributed by atoms with van der Waals surface area (Å²) in [5.74, 6) is 0.938. The molecule has 1 N–H and O–H groups in total. The van der Waals surface area contributed by atoms with Crippen molar-refractivity contribution in [2.24, 2.45) is 7.05 Å². The molecule has 0 aliphatic heterocycles. The first kappa shape index (κ1) is 12.3. The van der Waals surface area contributed by atoms with Crippen molar-refractivity contribution in [2.75, 3.05) is 0 Å². The molecule has 2 aromatic rings. The average Bonchev–Trinajstić information content (AvgIpc) is 2.68. The lowest BCUT2D eigenvalue weighted by atomic mass is 10.1. The Morgan fingerprint density at radius 1 is 1.35 bits per heavy atom.